The average Bonchev–Trinajstić information content (AvgIpc) is 2.64. The number of aromatic nitrogens is 2. The zero-order valence-electron chi connectivity index (χ0n) is 14.9. The molecule has 4 nitrogen and oxygen atoms in total. The van der Waals surface area contributed by atoms with E-state index in [1.807, 2.05) is 18.2 Å². The Bertz CT molecular complexity index is 609. The first-order valence-corrected chi connectivity index (χ1v) is 9.15. The maximum absolute atomic E-state index is 9.32. The van der Waals surface area contributed by atoms with E-state index in [4.69, 9.17) is 4.74 Å². The molecule has 1 aromatic heterocycles. The van der Waals surface area contributed by atoms with E-state index in [1.54, 1.807) is 24.5 Å². The van der Waals surface area contributed by atoms with E-state index in [0.29, 0.717) is 12.6 Å². The summed E-state index contributed by atoms with van der Waals surface area (Å²) in [5.41, 5.74) is 1.88. The molecule has 25 heavy (non-hydrogen) atoms. The smallest absolute Gasteiger partial charge is 0.316 e. The third-order valence-corrected chi connectivity index (χ3v) is 4.11. The van der Waals surface area contributed by atoms with Gasteiger partial charge in [0.25, 0.3) is 0 Å². The van der Waals surface area contributed by atoms with E-state index in [9.17, 15) is 5.11 Å². The molecular formula is C21H28N2O2. The van der Waals surface area contributed by atoms with E-state index in [-0.39, 0.29) is 5.75 Å². The lowest BCUT2D eigenvalue weighted by Crippen LogP contribution is -2.01. The van der Waals surface area contributed by atoms with E-state index < -0.39 is 0 Å². The van der Waals surface area contributed by atoms with Crippen molar-refractivity contribution in [2.45, 2.75) is 51.4 Å². The summed E-state index contributed by atoms with van der Waals surface area (Å²) in [6, 6.07) is 7.41. The Labute approximate surface area is 150 Å². The van der Waals surface area contributed by atoms with Crippen LogP contribution in [0.4, 0.5) is 0 Å². The number of unbranched alkanes of at least 4 members (excludes halogenated alkanes) is 7. The minimum absolute atomic E-state index is 0.251. The van der Waals surface area contributed by atoms with Crippen LogP contribution in [0.3, 0.4) is 0 Å². The van der Waals surface area contributed by atoms with Crippen LogP contribution in [0.2, 0.25) is 0 Å². The van der Waals surface area contributed by atoms with Gasteiger partial charge in [-0.05, 0) is 37.0 Å². The third kappa shape index (κ3) is 7.38. The lowest BCUT2D eigenvalue weighted by Gasteiger charge is -2.06. The van der Waals surface area contributed by atoms with Crippen molar-refractivity contribution < 1.29 is 9.84 Å². The van der Waals surface area contributed by atoms with Gasteiger partial charge in [-0.15, -0.1) is 6.58 Å². The third-order valence-electron chi connectivity index (χ3n) is 4.11. The fourth-order valence-corrected chi connectivity index (χ4v) is 2.63. The van der Waals surface area contributed by atoms with E-state index >= 15 is 0 Å². The standard InChI is InChI=1S/C21H28N2O2/c1-2-3-4-5-6-7-8-9-10-15-25-21-22-16-19(17-23-21)18-11-13-20(24)14-12-18/h2,11-14,16-17,24H,1,3-10,15H2. The van der Waals surface area contributed by atoms with Gasteiger partial charge in [-0.1, -0.05) is 50.3 Å². The second kappa shape index (κ2) is 11.2. The molecule has 0 saturated carbocycles. The number of ether oxygens (including phenoxy) is 1. The monoisotopic (exact) mass is 340 g/mol. The molecule has 0 saturated heterocycles. The van der Waals surface area contributed by atoms with Crippen LogP contribution in [-0.4, -0.2) is 21.7 Å². The Morgan fingerprint density at radius 2 is 1.44 bits per heavy atom. The number of rotatable bonds is 12. The van der Waals surface area contributed by atoms with Gasteiger partial charge in [0.15, 0.2) is 0 Å². The van der Waals surface area contributed by atoms with Gasteiger partial charge in [0.1, 0.15) is 5.75 Å². The fourth-order valence-electron chi connectivity index (χ4n) is 2.63. The molecule has 0 fully saturated rings. The van der Waals surface area contributed by atoms with Crippen LogP contribution in [-0.2, 0) is 0 Å². The average molecular weight is 340 g/mol. The van der Waals surface area contributed by atoms with Crippen LogP contribution in [0.5, 0.6) is 11.8 Å². The minimum atomic E-state index is 0.251. The van der Waals surface area contributed by atoms with Crippen LogP contribution in [0.25, 0.3) is 11.1 Å². The van der Waals surface area contributed by atoms with Crippen molar-refractivity contribution in [2.75, 3.05) is 6.61 Å². The molecule has 0 bridgehead atoms. The molecule has 1 aromatic carbocycles. The van der Waals surface area contributed by atoms with Gasteiger partial charge in [-0.25, -0.2) is 9.97 Å². The first-order valence-electron chi connectivity index (χ1n) is 9.15. The zero-order valence-corrected chi connectivity index (χ0v) is 14.9. The van der Waals surface area contributed by atoms with Crippen molar-refractivity contribution in [3.05, 3.63) is 49.3 Å². The largest absolute Gasteiger partial charge is 0.508 e. The van der Waals surface area contributed by atoms with Crippen molar-refractivity contribution >= 4 is 0 Å². The molecule has 0 aliphatic rings. The summed E-state index contributed by atoms with van der Waals surface area (Å²) in [6.07, 6.45) is 15.3. The molecule has 0 aliphatic carbocycles. The molecule has 0 amide bonds. The van der Waals surface area contributed by atoms with Crippen LogP contribution in [0.1, 0.15) is 51.4 Å². The Kier molecular flexibility index (Phi) is 8.53. The van der Waals surface area contributed by atoms with Gasteiger partial charge in [-0.2, -0.15) is 0 Å². The highest BCUT2D eigenvalue weighted by molar-refractivity contribution is 5.62. The molecular weight excluding hydrogens is 312 g/mol. The molecule has 4 heteroatoms. The molecule has 2 aromatic rings. The van der Waals surface area contributed by atoms with Gasteiger partial charge < -0.3 is 9.84 Å². The SMILES string of the molecule is C=CCCCCCCCCCOc1ncc(-c2ccc(O)cc2)cn1. The van der Waals surface area contributed by atoms with Crippen LogP contribution in [0, 0.1) is 0 Å². The molecule has 0 radical (unpaired) electrons. The minimum Gasteiger partial charge on any atom is -0.508 e. The fraction of sp³-hybridized carbons (Fsp3) is 0.429. The molecule has 1 N–H and O–H groups in total. The van der Waals surface area contributed by atoms with Gasteiger partial charge in [-0.3, -0.25) is 0 Å². The highest BCUT2D eigenvalue weighted by Gasteiger charge is 2.02. The number of benzene rings is 1. The molecule has 0 aliphatic heterocycles. The molecule has 1 heterocycles. The van der Waals surface area contributed by atoms with E-state index in [1.165, 1.54) is 38.5 Å². The van der Waals surface area contributed by atoms with Gasteiger partial charge >= 0.3 is 6.01 Å². The normalized spacial score (nSPS) is 10.6. The van der Waals surface area contributed by atoms with Crippen molar-refractivity contribution in [3.63, 3.8) is 0 Å². The predicted molar refractivity (Wildman–Crippen MR) is 102 cm³/mol. The number of allylic oxidation sites excluding steroid dienone is 1. The maximum atomic E-state index is 9.32. The topological polar surface area (TPSA) is 55.2 Å². The number of phenolic OH excluding ortho intramolecular Hbond substituents is 1. The quantitative estimate of drug-likeness (QED) is 0.407. The maximum Gasteiger partial charge on any atom is 0.316 e. The van der Waals surface area contributed by atoms with Crippen molar-refractivity contribution in [3.8, 4) is 22.9 Å². The molecule has 0 unspecified atom stereocenters. The van der Waals surface area contributed by atoms with E-state index in [0.717, 1.165) is 24.0 Å². The molecule has 0 atom stereocenters. The first-order chi connectivity index (χ1) is 12.3. The Hall–Kier alpha value is -2.36. The van der Waals surface area contributed by atoms with Crippen molar-refractivity contribution in [1.29, 1.82) is 0 Å². The summed E-state index contributed by atoms with van der Waals surface area (Å²) in [6.45, 7) is 4.41. The van der Waals surface area contributed by atoms with Crippen molar-refractivity contribution in [1.82, 2.24) is 9.97 Å². The van der Waals surface area contributed by atoms with Crippen molar-refractivity contribution in [2.24, 2.45) is 0 Å². The number of hydrogen-bond acceptors (Lipinski definition) is 4. The first kappa shape index (κ1) is 19.0. The van der Waals surface area contributed by atoms with Crippen LogP contribution >= 0.6 is 0 Å². The van der Waals surface area contributed by atoms with Gasteiger partial charge in [0, 0.05) is 18.0 Å². The van der Waals surface area contributed by atoms with E-state index in [2.05, 4.69) is 16.5 Å². The summed E-state index contributed by atoms with van der Waals surface area (Å²) in [4.78, 5) is 8.50. The molecule has 0 spiro atoms. The Morgan fingerprint density at radius 1 is 0.840 bits per heavy atom. The van der Waals surface area contributed by atoms with Crippen LogP contribution < -0.4 is 4.74 Å². The summed E-state index contributed by atoms with van der Waals surface area (Å²) in [5.74, 6) is 0.251. The van der Waals surface area contributed by atoms with Crippen LogP contribution in [0.15, 0.2) is 49.3 Å². The number of nitrogens with zero attached hydrogens (tertiary/aromatic N) is 2. The Morgan fingerprint density at radius 3 is 2.08 bits per heavy atom. The summed E-state index contributed by atoms with van der Waals surface area (Å²) in [7, 11) is 0. The highest BCUT2D eigenvalue weighted by atomic mass is 16.5. The zero-order chi connectivity index (χ0) is 17.7. The Balaban J connectivity index is 1.59. The highest BCUT2D eigenvalue weighted by Crippen LogP contribution is 2.21. The summed E-state index contributed by atoms with van der Waals surface area (Å²) < 4.78 is 5.60. The molecule has 134 valence electrons. The number of hydrogen-bond donors (Lipinski definition) is 1. The lowest BCUT2D eigenvalue weighted by molar-refractivity contribution is 0.281. The van der Waals surface area contributed by atoms with Gasteiger partial charge in [0.05, 0.1) is 6.61 Å². The predicted octanol–water partition coefficient (Wildman–Crippen LogP) is 5.53. The summed E-state index contributed by atoms with van der Waals surface area (Å²) in [5, 5.41) is 9.32. The second-order valence-electron chi connectivity index (χ2n) is 6.20. The van der Waals surface area contributed by atoms with Gasteiger partial charge in [0.2, 0.25) is 0 Å². The lowest BCUT2D eigenvalue weighted by atomic mass is 10.1. The second-order valence-corrected chi connectivity index (χ2v) is 6.20. The summed E-state index contributed by atoms with van der Waals surface area (Å²) >= 11 is 0. The molecule has 2 rings (SSSR count). The number of aromatic hydroxyl groups is 1. The number of phenols is 1.